The number of carbonyl (C=O) groups excluding carboxylic acids is 2. The van der Waals surface area contributed by atoms with Crippen LogP contribution in [0.25, 0.3) is 0 Å². The van der Waals surface area contributed by atoms with Gasteiger partial charge in [0.05, 0.1) is 0 Å². The van der Waals surface area contributed by atoms with Gasteiger partial charge in [0.2, 0.25) is 0 Å². The number of hydrogen-bond acceptors (Lipinski definition) is 4. The second kappa shape index (κ2) is 10.1. The second-order valence-electron chi connectivity index (χ2n) is 2.29. The highest BCUT2D eigenvalue weighted by molar-refractivity contribution is 5.75. The van der Waals surface area contributed by atoms with Crippen molar-refractivity contribution in [1.82, 2.24) is 0 Å². The maximum absolute atomic E-state index is 10.3. The zero-order valence-electron chi connectivity index (χ0n) is 7.75. The maximum atomic E-state index is 10.3. The van der Waals surface area contributed by atoms with E-state index in [1.807, 2.05) is 0 Å². The maximum Gasteiger partial charge on any atom is 0.129 e. The molecule has 0 heterocycles. The Kier molecular flexibility index (Phi) is 11.5. The molecule has 0 saturated carbocycles. The summed E-state index contributed by atoms with van der Waals surface area (Å²) in [6, 6.07) is 0. The molecule has 0 aliphatic rings. The van der Waals surface area contributed by atoms with Gasteiger partial charge in [-0.15, -0.1) is 0 Å². The van der Waals surface area contributed by atoms with Crippen LogP contribution in [-0.4, -0.2) is 25.5 Å². The number of carboxylic acid groups (broad SMARTS) is 1. The molecule has 0 aliphatic carbocycles. The van der Waals surface area contributed by atoms with E-state index in [1.54, 1.807) is 14.0 Å². The van der Waals surface area contributed by atoms with E-state index in [4.69, 9.17) is 14.6 Å². The molecule has 0 amide bonds. The predicted molar refractivity (Wildman–Crippen MR) is 42.5 cm³/mol. The van der Waals surface area contributed by atoms with Gasteiger partial charge in [0.1, 0.15) is 5.78 Å². The Balaban J connectivity index is 0. The lowest BCUT2D eigenvalue weighted by Gasteiger charge is -1.92. The molecule has 0 aromatic heterocycles. The van der Waals surface area contributed by atoms with Crippen LogP contribution >= 0.6 is 0 Å². The summed E-state index contributed by atoms with van der Waals surface area (Å²) in [7, 11) is 1.64. The summed E-state index contributed by atoms with van der Waals surface area (Å²) in [5.41, 5.74) is 0. The first-order valence-electron chi connectivity index (χ1n) is 3.66. The van der Waals surface area contributed by atoms with Crippen molar-refractivity contribution in [2.75, 3.05) is 13.7 Å². The van der Waals surface area contributed by atoms with Crippen molar-refractivity contribution in [3.05, 3.63) is 0 Å². The Hall–Kier alpha value is -0.900. The smallest absolute Gasteiger partial charge is 0.129 e. The fourth-order valence-electron chi connectivity index (χ4n) is 0.465. The van der Waals surface area contributed by atoms with E-state index >= 15 is 0 Å². The van der Waals surface area contributed by atoms with Gasteiger partial charge >= 0.3 is 0 Å². The largest absolute Gasteiger partial charge is 0.550 e. The van der Waals surface area contributed by atoms with Gasteiger partial charge in [0, 0.05) is 26.1 Å². The Bertz CT molecular complexity index is 127. The molecule has 0 fully saturated rings. The predicted octanol–water partition coefficient (Wildman–Crippen LogP) is -0.242. The molecule has 0 unspecified atom stereocenters. The van der Waals surface area contributed by atoms with Gasteiger partial charge in [0.25, 0.3) is 0 Å². The molecule has 0 N–H and O–H groups in total. The molecule has 0 spiro atoms. The number of Topliss-reactive ketones (excluding diaryl/α,β-unsaturated/α-hetero) is 1. The van der Waals surface area contributed by atoms with Gasteiger partial charge in [-0.25, -0.2) is 0 Å². The molecule has 4 nitrogen and oxygen atoms in total. The number of rotatable bonds is 4. The number of carbonyl (C=O) groups is 2. The summed E-state index contributed by atoms with van der Waals surface area (Å²) in [4.78, 5) is 19.2. The van der Waals surface area contributed by atoms with Gasteiger partial charge in [-0.05, 0) is 20.3 Å². The number of methoxy groups -OCH3 is 1. The summed E-state index contributed by atoms with van der Waals surface area (Å²) < 4.78 is 4.74. The SMILES string of the molecule is CC(=O)[O-].COCCCC(C)=O. The van der Waals surface area contributed by atoms with Gasteiger partial charge in [0.15, 0.2) is 0 Å². The highest BCUT2D eigenvalue weighted by Gasteiger charge is 1.89. The highest BCUT2D eigenvalue weighted by atomic mass is 16.5. The lowest BCUT2D eigenvalue weighted by atomic mass is 10.2. The fraction of sp³-hybridized carbons (Fsp3) is 0.750. The van der Waals surface area contributed by atoms with Crippen molar-refractivity contribution in [3.63, 3.8) is 0 Å². The third kappa shape index (κ3) is 35.5. The molecule has 0 aromatic rings. The Labute approximate surface area is 72.5 Å². The minimum absolute atomic E-state index is 0.238. The Morgan fingerprint density at radius 3 is 2.00 bits per heavy atom. The normalized spacial score (nSPS) is 8.25. The van der Waals surface area contributed by atoms with Crippen LogP contribution < -0.4 is 5.11 Å². The molecule has 4 heteroatoms. The van der Waals surface area contributed by atoms with E-state index < -0.39 is 5.97 Å². The van der Waals surface area contributed by atoms with Crippen molar-refractivity contribution in [1.29, 1.82) is 0 Å². The topological polar surface area (TPSA) is 66.4 Å². The molecule has 0 radical (unpaired) electrons. The lowest BCUT2D eigenvalue weighted by molar-refractivity contribution is -0.302. The van der Waals surface area contributed by atoms with Crippen molar-refractivity contribution in [2.24, 2.45) is 0 Å². The number of carboxylic acids is 1. The van der Waals surface area contributed by atoms with Gasteiger partial charge in [-0.2, -0.15) is 0 Å². The van der Waals surface area contributed by atoms with Gasteiger partial charge in [-0.3, -0.25) is 0 Å². The van der Waals surface area contributed by atoms with Crippen LogP contribution in [0.4, 0.5) is 0 Å². The van der Waals surface area contributed by atoms with E-state index in [2.05, 4.69) is 0 Å². The quantitative estimate of drug-likeness (QED) is 0.553. The first kappa shape index (κ1) is 13.7. The van der Waals surface area contributed by atoms with Gasteiger partial charge in [-0.1, -0.05) is 0 Å². The first-order chi connectivity index (χ1) is 5.50. The zero-order valence-corrected chi connectivity index (χ0v) is 7.75. The van der Waals surface area contributed by atoms with Crippen LogP contribution in [0.5, 0.6) is 0 Å². The molecule has 0 aliphatic heterocycles. The number of ketones is 1. The van der Waals surface area contributed by atoms with Gasteiger partial charge < -0.3 is 19.4 Å². The lowest BCUT2D eigenvalue weighted by Crippen LogP contribution is -2.16. The molecular formula is C8H15O4-. The van der Waals surface area contributed by atoms with E-state index in [1.165, 1.54) is 0 Å². The third-order valence-electron chi connectivity index (χ3n) is 0.877. The van der Waals surface area contributed by atoms with Crippen molar-refractivity contribution in [3.8, 4) is 0 Å². The summed E-state index contributed by atoms with van der Waals surface area (Å²) in [5, 5.41) is 8.89. The highest BCUT2D eigenvalue weighted by Crippen LogP contribution is 1.88. The molecule has 0 rings (SSSR count). The number of hydrogen-bond donors (Lipinski definition) is 0. The molecule has 72 valence electrons. The molecule has 0 atom stereocenters. The summed E-state index contributed by atoms with van der Waals surface area (Å²) >= 11 is 0. The van der Waals surface area contributed by atoms with E-state index in [0.29, 0.717) is 13.0 Å². The van der Waals surface area contributed by atoms with Crippen molar-refractivity contribution < 1.29 is 19.4 Å². The second-order valence-corrected chi connectivity index (χ2v) is 2.29. The molecule has 12 heavy (non-hydrogen) atoms. The minimum atomic E-state index is -1.08. The molecular weight excluding hydrogens is 160 g/mol. The van der Waals surface area contributed by atoms with Crippen LogP contribution in [0.15, 0.2) is 0 Å². The average Bonchev–Trinajstić information content (AvgIpc) is 1.86. The van der Waals surface area contributed by atoms with Crippen LogP contribution in [0.3, 0.4) is 0 Å². The summed E-state index contributed by atoms with van der Waals surface area (Å²) in [6.45, 7) is 3.26. The zero-order chi connectivity index (χ0) is 9.98. The fourth-order valence-corrected chi connectivity index (χ4v) is 0.465. The van der Waals surface area contributed by atoms with Crippen LogP contribution in [0.2, 0.25) is 0 Å². The van der Waals surface area contributed by atoms with Crippen molar-refractivity contribution >= 4 is 11.8 Å². The molecule has 0 saturated heterocycles. The van der Waals surface area contributed by atoms with E-state index in [-0.39, 0.29) is 5.78 Å². The van der Waals surface area contributed by atoms with Crippen LogP contribution in [0.1, 0.15) is 26.7 Å². The summed E-state index contributed by atoms with van der Waals surface area (Å²) in [5.74, 6) is -0.845. The number of aliphatic carboxylic acids is 1. The molecule has 0 bridgehead atoms. The van der Waals surface area contributed by atoms with Crippen molar-refractivity contribution in [2.45, 2.75) is 26.7 Å². The molecule has 0 aromatic carbocycles. The minimum Gasteiger partial charge on any atom is -0.550 e. The monoisotopic (exact) mass is 175 g/mol. The summed E-state index contributed by atoms with van der Waals surface area (Å²) in [6.07, 6.45) is 1.50. The Morgan fingerprint density at radius 1 is 1.33 bits per heavy atom. The Morgan fingerprint density at radius 2 is 1.75 bits per heavy atom. The van der Waals surface area contributed by atoms with Crippen LogP contribution in [-0.2, 0) is 14.3 Å². The van der Waals surface area contributed by atoms with E-state index in [0.717, 1.165) is 13.3 Å². The van der Waals surface area contributed by atoms with E-state index in [9.17, 15) is 4.79 Å². The average molecular weight is 175 g/mol. The van der Waals surface area contributed by atoms with Crippen LogP contribution in [0, 0.1) is 0 Å². The first-order valence-corrected chi connectivity index (χ1v) is 3.66. The number of ether oxygens (including phenoxy) is 1. The third-order valence-corrected chi connectivity index (χ3v) is 0.877. The standard InChI is InChI=1S/C6H12O2.C2H4O2/c1-6(7)4-3-5-8-2;1-2(3)4/h3-5H2,1-2H3;1H3,(H,3,4)/p-1.